The second-order valence-corrected chi connectivity index (χ2v) is 7.46. The molecule has 0 radical (unpaired) electrons. The molecule has 4 nitrogen and oxygen atoms in total. The zero-order chi connectivity index (χ0) is 14.2. The second kappa shape index (κ2) is 8.85. The largest absolute Gasteiger partial charge is 0.382 e. The van der Waals surface area contributed by atoms with Gasteiger partial charge in [0.25, 0.3) is 0 Å². The summed E-state index contributed by atoms with van der Waals surface area (Å²) in [5, 5.41) is 4.15. The lowest BCUT2D eigenvalue weighted by atomic mass is 10.4. The van der Waals surface area contributed by atoms with Crippen molar-refractivity contribution in [1.82, 2.24) is 9.55 Å². The third kappa shape index (κ3) is 5.22. The number of aromatic nitrogens is 2. The first-order valence-electron chi connectivity index (χ1n) is 7.34. The van der Waals surface area contributed by atoms with Gasteiger partial charge in [-0.1, -0.05) is 0 Å². The summed E-state index contributed by atoms with van der Waals surface area (Å²) >= 11 is 4.16. The van der Waals surface area contributed by atoms with Crippen molar-refractivity contribution in [2.24, 2.45) is 0 Å². The van der Waals surface area contributed by atoms with Gasteiger partial charge in [0.2, 0.25) is 5.95 Å². The van der Waals surface area contributed by atoms with Crippen LogP contribution in [0.1, 0.15) is 19.0 Å². The molecule has 1 unspecified atom stereocenters. The van der Waals surface area contributed by atoms with Gasteiger partial charge in [-0.25, -0.2) is 4.98 Å². The van der Waals surface area contributed by atoms with Crippen LogP contribution in [0.5, 0.6) is 0 Å². The number of thioether (sulfide) groups is 2. The first kappa shape index (κ1) is 16.0. The van der Waals surface area contributed by atoms with Crippen molar-refractivity contribution in [2.45, 2.75) is 32.1 Å². The molecule has 0 bridgehead atoms. The van der Waals surface area contributed by atoms with E-state index >= 15 is 0 Å². The smallest absolute Gasteiger partial charge is 0.203 e. The molecule has 114 valence electrons. The standard InChI is InChI=1S/C14H25N3OS2/c1-3-18-6-4-5-15-14-16-12(2)9-17(14)10-13-11-19-7-8-20-13/h9,13H,3-8,10-11H2,1-2H3,(H,15,16). The van der Waals surface area contributed by atoms with Crippen LogP contribution in [0.15, 0.2) is 6.20 Å². The average Bonchev–Trinajstić information content (AvgIpc) is 2.80. The number of aryl methyl sites for hydroxylation is 1. The summed E-state index contributed by atoms with van der Waals surface area (Å²) in [5.74, 6) is 4.84. The molecular formula is C14H25N3OS2. The summed E-state index contributed by atoms with van der Waals surface area (Å²) in [6.45, 7) is 7.69. The molecule has 1 aliphatic heterocycles. The molecule has 0 amide bonds. The van der Waals surface area contributed by atoms with Crippen LogP contribution in [0.4, 0.5) is 5.95 Å². The summed E-state index contributed by atoms with van der Waals surface area (Å²) in [7, 11) is 0. The Hall–Kier alpha value is -0.330. The minimum atomic E-state index is 0.714. The zero-order valence-electron chi connectivity index (χ0n) is 12.4. The number of anilines is 1. The van der Waals surface area contributed by atoms with E-state index in [1.165, 1.54) is 17.3 Å². The molecule has 1 aliphatic rings. The first-order chi connectivity index (χ1) is 9.79. The molecule has 1 N–H and O–H groups in total. The Kier molecular flexibility index (Phi) is 7.10. The number of nitrogens with one attached hydrogen (secondary N) is 1. The summed E-state index contributed by atoms with van der Waals surface area (Å²) in [6.07, 6.45) is 3.18. The lowest BCUT2D eigenvalue weighted by Gasteiger charge is -2.22. The Morgan fingerprint density at radius 1 is 1.50 bits per heavy atom. The maximum absolute atomic E-state index is 5.36. The van der Waals surface area contributed by atoms with E-state index in [-0.39, 0.29) is 0 Å². The van der Waals surface area contributed by atoms with E-state index < -0.39 is 0 Å². The number of hydrogen-bond donors (Lipinski definition) is 1. The van der Waals surface area contributed by atoms with Crippen molar-refractivity contribution in [3.8, 4) is 0 Å². The molecule has 2 rings (SSSR count). The van der Waals surface area contributed by atoms with Crippen LogP contribution in [-0.2, 0) is 11.3 Å². The quantitative estimate of drug-likeness (QED) is 0.747. The molecule has 0 spiro atoms. The Bertz CT molecular complexity index is 392. The minimum Gasteiger partial charge on any atom is -0.382 e. The van der Waals surface area contributed by atoms with E-state index in [2.05, 4.69) is 51.5 Å². The predicted octanol–water partition coefficient (Wildman–Crippen LogP) is 2.88. The fourth-order valence-corrected chi connectivity index (χ4v) is 4.87. The normalized spacial score (nSPS) is 19.2. The van der Waals surface area contributed by atoms with Gasteiger partial charge in [-0.05, 0) is 20.3 Å². The maximum atomic E-state index is 5.36. The third-order valence-corrected chi connectivity index (χ3v) is 5.96. The first-order valence-corrected chi connectivity index (χ1v) is 9.54. The molecule has 2 heterocycles. The maximum Gasteiger partial charge on any atom is 0.203 e. The summed E-state index contributed by atoms with van der Waals surface area (Å²) < 4.78 is 7.63. The Labute approximate surface area is 130 Å². The van der Waals surface area contributed by atoms with Crippen LogP contribution in [0.25, 0.3) is 0 Å². The Balaban J connectivity index is 1.81. The molecule has 0 aromatic carbocycles. The van der Waals surface area contributed by atoms with Gasteiger partial charge in [-0.3, -0.25) is 0 Å². The number of rotatable bonds is 8. The molecule has 1 atom stereocenters. The average molecular weight is 316 g/mol. The molecule has 1 fully saturated rings. The van der Waals surface area contributed by atoms with Crippen LogP contribution >= 0.6 is 23.5 Å². The number of nitrogens with zero attached hydrogens (tertiary/aromatic N) is 2. The zero-order valence-corrected chi connectivity index (χ0v) is 14.1. The summed E-state index contributed by atoms with van der Waals surface area (Å²) in [6, 6.07) is 0. The van der Waals surface area contributed by atoms with Crippen LogP contribution < -0.4 is 5.32 Å². The van der Waals surface area contributed by atoms with Gasteiger partial charge in [-0.15, -0.1) is 0 Å². The van der Waals surface area contributed by atoms with E-state index in [0.717, 1.165) is 44.4 Å². The van der Waals surface area contributed by atoms with Gasteiger partial charge in [0.15, 0.2) is 0 Å². The van der Waals surface area contributed by atoms with E-state index in [1.54, 1.807) is 0 Å². The lowest BCUT2D eigenvalue weighted by Crippen LogP contribution is -2.21. The second-order valence-electron chi connectivity index (χ2n) is 4.90. The van der Waals surface area contributed by atoms with Crippen molar-refractivity contribution in [3.05, 3.63) is 11.9 Å². The Morgan fingerprint density at radius 3 is 3.15 bits per heavy atom. The fourth-order valence-electron chi connectivity index (χ4n) is 2.21. The van der Waals surface area contributed by atoms with E-state index in [4.69, 9.17) is 4.74 Å². The number of ether oxygens (including phenoxy) is 1. The molecule has 6 heteroatoms. The molecule has 1 aromatic heterocycles. The lowest BCUT2D eigenvalue weighted by molar-refractivity contribution is 0.147. The highest BCUT2D eigenvalue weighted by atomic mass is 32.2. The van der Waals surface area contributed by atoms with E-state index in [0.29, 0.717) is 5.25 Å². The van der Waals surface area contributed by atoms with Crippen LogP contribution in [0.3, 0.4) is 0 Å². The highest BCUT2D eigenvalue weighted by Crippen LogP contribution is 2.26. The summed E-state index contributed by atoms with van der Waals surface area (Å²) in [5.41, 5.74) is 1.09. The molecular weight excluding hydrogens is 290 g/mol. The highest BCUT2D eigenvalue weighted by Gasteiger charge is 2.16. The monoisotopic (exact) mass is 315 g/mol. The van der Waals surface area contributed by atoms with Crippen LogP contribution in [0.2, 0.25) is 0 Å². The molecule has 20 heavy (non-hydrogen) atoms. The van der Waals surface area contributed by atoms with Crippen molar-refractivity contribution in [1.29, 1.82) is 0 Å². The van der Waals surface area contributed by atoms with Crippen LogP contribution in [-0.4, -0.2) is 51.8 Å². The Morgan fingerprint density at radius 2 is 2.40 bits per heavy atom. The fraction of sp³-hybridized carbons (Fsp3) is 0.786. The number of imidazole rings is 1. The molecule has 0 aliphatic carbocycles. The minimum absolute atomic E-state index is 0.714. The van der Waals surface area contributed by atoms with E-state index in [1.807, 2.05) is 6.92 Å². The number of hydrogen-bond acceptors (Lipinski definition) is 5. The van der Waals surface area contributed by atoms with Crippen molar-refractivity contribution in [3.63, 3.8) is 0 Å². The topological polar surface area (TPSA) is 39.1 Å². The van der Waals surface area contributed by atoms with Crippen LogP contribution in [0, 0.1) is 6.92 Å². The highest BCUT2D eigenvalue weighted by molar-refractivity contribution is 8.06. The third-order valence-electron chi connectivity index (χ3n) is 3.13. The molecule has 0 saturated carbocycles. The van der Waals surface area contributed by atoms with Gasteiger partial charge in [-0.2, -0.15) is 23.5 Å². The van der Waals surface area contributed by atoms with Crippen molar-refractivity contribution < 1.29 is 4.74 Å². The predicted molar refractivity (Wildman–Crippen MR) is 90.1 cm³/mol. The van der Waals surface area contributed by atoms with Crippen molar-refractivity contribution in [2.75, 3.05) is 42.3 Å². The van der Waals surface area contributed by atoms with E-state index in [9.17, 15) is 0 Å². The van der Waals surface area contributed by atoms with Crippen molar-refractivity contribution >= 4 is 29.5 Å². The van der Waals surface area contributed by atoms with Gasteiger partial charge in [0.05, 0.1) is 5.69 Å². The SMILES string of the molecule is CCOCCCNc1nc(C)cn1CC1CSCCS1. The summed E-state index contributed by atoms with van der Waals surface area (Å²) in [4.78, 5) is 4.59. The van der Waals surface area contributed by atoms with Gasteiger partial charge >= 0.3 is 0 Å². The molecule has 1 aromatic rings. The van der Waals surface area contributed by atoms with Gasteiger partial charge in [0.1, 0.15) is 0 Å². The van der Waals surface area contributed by atoms with Gasteiger partial charge < -0.3 is 14.6 Å². The van der Waals surface area contributed by atoms with Gasteiger partial charge in [0, 0.05) is 55.0 Å². The molecule has 1 saturated heterocycles.